The van der Waals surface area contributed by atoms with E-state index in [-0.39, 0.29) is 6.07 Å². The maximum absolute atomic E-state index is 13.9. The molecule has 1 aromatic heterocycles. The Hall–Kier alpha value is -3.09. The summed E-state index contributed by atoms with van der Waals surface area (Å²) in [6, 6.07) is 3.04. The predicted molar refractivity (Wildman–Crippen MR) is 115 cm³/mol. The van der Waals surface area contributed by atoms with Gasteiger partial charge in [0.05, 0.1) is 28.7 Å². The Balaban J connectivity index is 2.37. The van der Waals surface area contributed by atoms with Crippen molar-refractivity contribution in [2.24, 2.45) is 11.8 Å². The molecule has 3 atom stereocenters. The Bertz CT molecular complexity index is 1160. The number of thiophene rings is 1. The largest absolute Gasteiger partial charge is 0.481 e. The normalized spacial score (nSPS) is 22.8. The van der Waals surface area contributed by atoms with Crippen LogP contribution >= 0.6 is 11.3 Å². The number of aliphatic carboxylic acids is 2. The van der Waals surface area contributed by atoms with Crippen LogP contribution in [0.2, 0.25) is 0 Å². The van der Waals surface area contributed by atoms with Crippen molar-refractivity contribution >= 4 is 29.2 Å². The summed E-state index contributed by atoms with van der Waals surface area (Å²) < 4.78 is 82.4. The number of amides is 1. The summed E-state index contributed by atoms with van der Waals surface area (Å²) in [5.74, 6) is -7.26. The summed E-state index contributed by atoms with van der Waals surface area (Å²) >= 11 is 1.02. The van der Waals surface area contributed by atoms with Crippen LogP contribution in [-0.2, 0) is 21.9 Å². The van der Waals surface area contributed by atoms with Crippen molar-refractivity contribution < 1.29 is 50.9 Å². The van der Waals surface area contributed by atoms with E-state index in [1.807, 2.05) is 0 Å². The number of likely N-dealkylation sites (tertiary alicyclic amines) is 1. The number of halogens is 6. The van der Waals surface area contributed by atoms with Crippen molar-refractivity contribution in [1.29, 1.82) is 0 Å². The summed E-state index contributed by atoms with van der Waals surface area (Å²) in [6.45, 7) is 3.08. The van der Waals surface area contributed by atoms with Crippen LogP contribution in [0.1, 0.15) is 59.1 Å². The first kappa shape index (κ1) is 27.5. The monoisotopic (exact) mass is 537 g/mol. The summed E-state index contributed by atoms with van der Waals surface area (Å²) in [5, 5.41) is 21.7. The lowest BCUT2D eigenvalue weighted by molar-refractivity contribution is -0.163. The fourth-order valence-corrected chi connectivity index (χ4v) is 5.76. The van der Waals surface area contributed by atoms with Gasteiger partial charge >= 0.3 is 24.3 Å². The zero-order valence-electron chi connectivity index (χ0n) is 18.9. The maximum atomic E-state index is 13.9. The van der Waals surface area contributed by atoms with E-state index in [0.717, 1.165) is 11.3 Å². The molecule has 0 bridgehead atoms. The molecule has 1 saturated heterocycles. The number of carbonyl (C=O) groups is 3. The van der Waals surface area contributed by atoms with Crippen molar-refractivity contribution in [3.8, 4) is 0 Å². The second-order valence-electron chi connectivity index (χ2n) is 8.88. The molecule has 1 aliphatic rings. The van der Waals surface area contributed by atoms with Crippen LogP contribution in [0.25, 0.3) is 0 Å². The van der Waals surface area contributed by atoms with Gasteiger partial charge in [-0.1, -0.05) is 26.0 Å². The number of carboxylic acids is 2. The Morgan fingerprint density at radius 2 is 1.69 bits per heavy atom. The number of carbonyl (C=O) groups excluding carboxylic acids is 1. The van der Waals surface area contributed by atoms with Crippen molar-refractivity contribution in [3.05, 3.63) is 57.3 Å². The van der Waals surface area contributed by atoms with E-state index in [9.17, 15) is 50.9 Å². The van der Waals surface area contributed by atoms with Crippen molar-refractivity contribution in [2.75, 3.05) is 0 Å². The third-order valence-electron chi connectivity index (χ3n) is 6.14. The highest BCUT2D eigenvalue weighted by Gasteiger charge is 2.64. The van der Waals surface area contributed by atoms with Gasteiger partial charge in [0.25, 0.3) is 5.91 Å². The van der Waals surface area contributed by atoms with Crippen LogP contribution in [0.5, 0.6) is 0 Å². The number of hydrogen-bond acceptors (Lipinski definition) is 4. The molecule has 13 heteroatoms. The molecule has 2 aromatic rings. The average Bonchev–Trinajstić information content (AvgIpc) is 3.37. The fourth-order valence-electron chi connectivity index (χ4n) is 4.93. The van der Waals surface area contributed by atoms with Gasteiger partial charge in [-0.2, -0.15) is 26.3 Å². The Morgan fingerprint density at radius 1 is 1.06 bits per heavy atom. The number of rotatable bonds is 6. The van der Waals surface area contributed by atoms with E-state index < -0.39 is 83.1 Å². The summed E-state index contributed by atoms with van der Waals surface area (Å²) in [5.41, 5.74) is -8.27. The molecular weight excluding hydrogens is 516 g/mol. The summed E-state index contributed by atoms with van der Waals surface area (Å²) in [6.07, 6.45) is -12.0. The van der Waals surface area contributed by atoms with Crippen LogP contribution in [0.4, 0.5) is 26.3 Å². The first-order valence-electron chi connectivity index (χ1n) is 10.6. The lowest BCUT2D eigenvalue weighted by Gasteiger charge is -2.41. The van der Waals surface area contributed by atoms with Gasteiger partial charge in [-0.25, -0.2) is 4.79 Å². The van der Waals surface area contributed by atoms with Gasteiger partial charge in [-0.05, 0) is 42.3 Å². The fraction of sp³-hybridized carbons (Fsp3) is 0.435. The van der Waals surface area contributed by atoms with E-state index >= 15 is 0 Å². The first-order valence-corrected chi connectivity index (χ1v) is 11.5. The molecule has 1 aromatic carbocycles. The highest BCUT2D eigenvalue weighted by atomic mass is 32.1. The molecule has 1 amide bonds. The first-order chi connectivity index (χ1) is 16.5. The molecule has 196 valence electrons. The van der Waals surface area contributed by atoms with Crippen molar-refractivity contribution in [2.45, 2.75) is 50.6 Å². The van der Waals surface area contributed by atoms with E-state index in [2.05, 4.69) is 0 Å². The number of benzene rings is 1. The van der Waals surface area contributed by atoms with E-state index in [1.54, 1.807) is 5.38 Å². The highest BCUT2D eigenvalue weighted by molar-refractivity contribution is 7.10. The van der Waals surface area contributed by atoms with Crippen LogP contribution in [-0.4, -0.2) is 38.5 Å². The minimum atomic E-state index is -5.62. The van der Waals surface area contributed by atoms with Gasteiger partial charge < -0.3 is 15.1 Å². The molecule has 0 aliphatic carbocycles. The van der Waals surface area contributed by atoms with E-state index in [4.69, 9.17) is 0 Å². The lowest BCUT2D eigenvalue weighted by Crippen LogP contribution is -2.59. The van der Waals surface area contributed by atoms with Crippen LogP contribution in [0.15, 0.2) is 35.7 Å². The molecule has 3 rings (SSSR count). The zero-order chi connectivity index (χ0) is 27.2. The van der Waals surface area contributed by atoms with Gasteiger partial charge in [-0.15, -0.1) is 11.3 Å². The molecular formula is C23H21F6NO5S. The zero-order valence-corrected chi connectivity index (χ0v) is 19.7. The third kappa shape index (κ3) is 4.67. The summed E-state index contributed by atoms with van der Waals surface area (Å²) in [7, 11) is 0. The molecule has 0 saturated carbocycles. The van der Waals surface area contributed by atoms with E-state index in [1.165, 1.54) is 26.0 Å². The Morgan fingerprint density at radius 3 is 2.14 bits per heavy atom. The Labute approximate surface area is 205 Å². The van der Waals surface area contributed by atoms with Gasteiger partial charge in [0.2, 0.25) is 0 Å². The van der Waals surface area contributed by atoms with Crippen molar-refractivity contribution in [1.82, 2.24) is 4.90 Å². The average molecular weight is 537 g/mol. The molecule has 6 nitrogen and oxygen atoms in total. The number of nitrogens with zero attached hydrogens (tertiary/aromatic N) is 1. The smallest absolute Gasteiger partial charge is 0.417 e. The molecule has 1 aliphatic heterocycles. The number of hydrogen-bond donors (Lipinski definition) is 2. The van der Waals surface area contributed by atoms with Gasteiger partial charge in [0.1, 0.15) is 0 Å². The second-order valence-corrected chi connectivity index (χ2v) is 9.86. The highest BCUT2D eigenvalue weighted by Crippen LogP contribution is 2.52. The Kier molecular flexibility index (Phi) is 7.19. The maximum Gasteiger partial charge on any atom is 0.417 e. The SMILES string of the molecule is CC(C)CC1(C(=O)O)C(C(=O)O)CC(c2cccs2)N1C(=O)c1cccc(C(F)(F)F)c1C(F)(F)F. The van der Waals surface area contributed by atoms with Crippen LogP contribution in [0.3, 0.4) is 0 Å². The quantitative estimate of drug-likeness (QED) is 0.445. The third-order valence-corrected chi connectivity index (χ3v) is 7.11. The lowest BCUT2D eigenvalue weighted by atomic mass is 9.78. The molecule has 2 N–H and O–H groups in total. The van der Waals surface area contributed by atoms with Crippen molar-refractivity contribution in [3.63, 3.8) is 0 Å². The van der Waals surface area contributed by atoms with Gasteiger partial charge in [0, 0.05) is 4.88 Å². The molecule has 0 spiro atoms. The number of alkyl halides is 6. The van der Waals surface area contributed by atoms with E-state index in [0.29, 0.717) is 21.9 Å². The molecule has 0 radical (unpaired) electrons. The van der Waals surface area contributed by atoms with Crippen LogP contribution in [0, 0.1) is 11.8 Å². The van der Waals surface area contributed by atoms with Gasteiger partial charge in [0.15, 0.2) is 5.54 Å². The topological polar surface area (TPSA) is 94.9 Å². The molecule has 3 unspecified atom stereocenters. The van der Waals surface area contributed by atoms with Gasteiger partial charge in [-0.3, -0.25) is 9.59 Å². The second kappa shape index (κ2) is 9.41. The van der Waals surface area contributed by atoms with Crippen LogP contribution < -0.4 is 0 Å². The molecule has 36 heavy (non-hydrogen) atoms. The molecule has 1 fully saturated rings. The standard InChI is InChI=1S/C23H21F6NO5S/c1-11(2)10-21(20(34)35)14(19(32)33)9-15(16-7-4-8-36-16)30(21)18(31)12-5-3-6-13(22(24,25)26)17(12)23(27,28)29/h3-8,11,14-15H,9-10H2,1-2H3,(H,32,33)(H,34,35). The minimum absolute atomic E-state index is 0.180. The number of carboxylic acid groups (broad SMARTS) is 2. The summed E-state index contributed by atoms with van der Waals surface area (Å²) in [4.78, 5) is 39.5. The minimum Gasteiger partial charge on any atom is -0.481 e. The predicted octanol–water partition coefficient (Wildman–Crippen LogP) is 5.94. The molecule has 2 heterocycles.